The maximum absolute atomic E-state index is 12.2. The first-order valence-corrected chi connectivity index (χ1v) is 8.31. The van der Waals surface area contributed by atoms with Crippen LogP contribution in [0.25, 0.3) is 11.0 Å². The molecular weight excluding hydrogens is 310 g/mol. The number of hydrogen-bond acceptors (Lipinski definition) is 4. The van der Waals surface area contributed by atoms with Gasteiger partial charge < -0.3 is 14.8 Å². The van der Waals surface area contributed by atoms with Gasteiger partial charge in [-0.15, -0.1) is 0 Å². The van der Waals surface area contributed by atoms with Crippen molar-refractivity contribution in [1.29, 1.82) is 0 Å². The highest BCUT2D eigenvalue weighted by atomic mass is 35.5. The summed E-state index contributed by atoms with van der Waals surface area (Å²) in [5.74, 6) is 1.57. The maximum Gasteiger partial charge on any atom is 0.253 e. The summed E-state index contributed by atoms with van der Waals surface area (Å²) >= 11 is 7.54. The van der Waals surface area contributed by atoms with Crippen LogP contribution in [0.1, 0.15) is 25.1 Å². The monoisotopic (exact) mass is 325 g/mol. The van der Waals surface area contributed by atoms with Crippen LogP contribution in [0.2, 0.25) is 5.02 Å². The zero-order chi connectivity index (χ0) is 15.0. The van der Waals surface area contributed by atoms with Crippen LogP contribution in [0.3, 0.4) is 0 Å². The Bertz CT molecular complexity index is 679. The molecule has 2 atom stereocenters. The lowest BCUT2D eigenvalue weighted by Gasteiger charge is -2.22. The molecule has 2 N–H and O–H groups in total. The number of amides is 1. The van der Waals surface area contributed by atoms with Gasteiger partial charge in [-0.25, -0.2) is 0 Å². The molecule has 1 saturated heterocycles. The van der Waals surface area contributed by atoms with Crippen LogP contribution in [0.5, 0.6) is 0 Å². The number of thioether (sulfide) groups is 1. The predicted molar refractivity (Wildman–Crippen MR) is 84.7 cm³/mol. The topological polar surface area (TPSA) is 62.5 Å². The first-order chi connectivity index (χ1) is 9.98. The third kappa shape index (κ3) is 2.91. The van der Waals surface area contributed by atoms with Crippen LogP contribution in [0.15, 0.2) is 28.7 Å². The Hall–Kier alpha value is -1.17. The number of furan rings is 1. The van der Waals surface area contributed by atoms with Crippen LogP contribution < -0.4 is 5.32 Å². The molecule has 1 aliphatic rings. The molecule has 1 fully saturated rings. The Morgan fingerprint density at radius 1 is 1.52 bits per heavy atom. The van der Waals surface area contributed by atoms with Gasteiger partial charge in [0.25, 0.3) is 5.91 Å². The van der Waals surface area contributed by atoms with Gasteiger partial charge in [0.15, 0.2) is 5.60 Å². The molecule has 1 aliphatic heterocycles. The summed E-state index contributed by atoms with van der Waals surface area (Å²) in [5, 5.41) is 14.6. The van der Waals surface area contributed by atoms with Crippen LogP contribution in [0, 0.1) is 0 Å². The summed E-state index contributed by atoms with van der Waals surface area (Å²) in [6.07, 6.45) is 0.492. The number of fused-ring (bicyclic) bond motifs is 1. The normalized spacial score (nSPS) is 23.4. The van der Waals surface area contributed by atoms with Gasteiger partial charge in [-0.1, -0.05) is 11.6 Å². The molecular formula is C15H16ClNO3S. The molecule has 2 heterocycles. The van der Waals surface area contributed by atoms with Gasteiger partial charge in [0.05, 0.1) is 6.04 Å². The minimum Gasteiger partial charge on any atom is -0.459 e. The van der Waals surface area contributed by atoms with Crippen molar-refractivity contribution >= 4 is 40.2 Å². The molecule has 21 heavy (non-hydrogen) atoms. The first kappa shape index (κ1) is 14.8. The van der Waals surface area contributed by atoms with Crippen LogP contribution in [-0.4, -0.2) is 28.1 Å². The van der Waals surface area contributed by atoms with E-state index >= 15 is 0 Å². The smallest absolute Gasteiger partial charge is 0.253 e. The molecule has 0 bridgehead atoms. The SMILES string of the molecule is CC(NC(=O)C1(O)CCSC1)c1cc2cc(Cl)ccc2o1. The predicted octanol–water partition coefficient (Wildman–Crippen LogP) is 3.13. The Labute approximate surface area is 131 Å². The van der Waals surface area contributed by atoms with Crippen molar-refractivity contribution in [3.8, 4) is 0 Å². The minimum atomic E-state index is -1.26. The summed E-state index contributed by atoms with van der Waals surface area (Å²) in [4.78, 5) is 12.2. The van der Waals surface area contributed by atoms with Crippen LogP contribution >= 0.6 is 23.4 Å². The van der Waals surface area contributed by atoms with E-state index in [1.54, 1.807) is 23.9 Å². The van der Waals surface area contributed by atoms with Crippen molar-refractivity contribution in [2.45, 2.75) is 25.0 Å². The molecule has 0 saturated carbocycles. The van der Waals surface area contributed by atoms with E-state index in [1.165, 1.54) is 0 Å². The molecule has 1 amide bonds. The van der Waals surface area contributed by atoms with E-state index in [9.17, 15) is 9.90 Å². The second-order valence-electron chi connectivity index (χ2n) is 5.36. The van der Waals surface area contributed by atoms with Gasteiger partial charge in [0.2, 0.25) is 0 Å². The molecule has 0 spiro atoms. The highest BCUT2D eigenvalue weighted by molar-refractivity contribution is 7.99. The van der Waals surface area contributed by atoms with Gasteiger partial charge in [-0.3, -0.25) is 4.79 Å². The maximum atomic E-state index is 12.2. The summed E-state index contributed by atoms with van der Waals surface area (Å²) in [7, 11) is 0. The van der Waals surface area contributed by atoms with E-state index in [1.807, 2.05) is 19.1 Å². The van der Waals surface area contributed by atoms with Crippen molar-refractivity contribution in [2.24, 2.45) is 0 Å². The van der Waals surface area contributed by atoms with Gasteiger partial charge in [-0.05, 0) is 43.4 Å². The fraction of sp³-hybridized carbons (Fsp3) is 0.400. The van der Waals surface area contributed by atoms with Gasteiger partial charge in [0.1, 0.15) is 11.3 Å². The fourth-order valence-electron chi connectivity index (χ4n) is 2.38. The third-order valence-electron chi connectivity index (χ3n) is 3.70. The van der Waals surface area contributed by atoms with Gasteiger partial charge in [-0.2, -0.15) is 11.8 Å². The molecule has 0 radical (unpaired) electrons. The molecule has 3 rings (SSSR count). The van der Waals surface area contributed by atoms with E-state index in [2.05, 4.69) is 5.32 Å². The molecule has 2 aromatic rings. The quantitative estimate of drug-likeness (QED) is 0.910. The highest BCUT2D eigenvalue weighted by Gasteiger charge is 2.40. The second kappa shape index (κ2) is 5.55. The van der Waals surface area contributed by atoms with Gasteiger partial charge in [0, 0.05) is 16.2 Å². The van der Waals surface area contributed by atoms with Crippen molar-refractivity contribution in [1.82, 2.24) is 5.32 Å². The standard InChI is InChI=1S/C15H16ClNO3S/c1-9(17-14(18)15(19)4-5-21-8-15)13-7-10-6-11(16)2-3-12(10)20-13/h2-3,6-7,9,19H,4-5,8H2,1H3,(H,17,18). The Balaban J connectivity index is 1.77. The number of benzene rings is 1. The number of hydrogen-bond donors (Lipinski definition) is 2. The summed E-state index contributed by atoms with van der Waals surface area (Å²) in [6.45, 7) is 1.84. The lowest BCUT2D eigenvalue weighted by Crippen LogP contribution is -2.47. The highest BCUT2D eigenvalue weighted by Crippen LogP contribution is 2.30. The average molecular weight is 326 g/mol. The lowest BCUT2D eigenvalue weighted by atomic mass is 10.0. The molecule has 112 valence electrons. The first-order valence-electron chi connectivity index (χ1n) is 6.78. The fourth-order valence-corrected chi connectivity index (χ4v) is 3.80. The summed E-state index contributed by atoms with van der Waals surface area (Å²) in [6, 6.07) is 6.94. The Kier molecular flexibility index (Phi) is 3.90. The number of rotatable bonds is 3. The number of aliphatic hydroxyl groups is 1. The van der Waals surface area contributed by atoms with E-state index in [0.717, 1.165) is 16.7 Å². The van der Waals surface area contributed by atoms with E-state index in [4.69, 9.17) is 16.0 Å². The molecule has 6 heteroatoms. The van der Waals surface area contributed by atoms with Crippen molar-refractivity contribution in [2.75, 3.05) is 11.5 Å². The Morgan fingerprint density at radius 3 is 3.05 bits per heavy atom. The summed E-state index contributed by atoms with van der Waals surface area (Å²) < 4.78 is 5.72. The second-order valence-corrected chi connectivity index (χ2v) is 6.90. The number of carbonyl (C=O) groups excluding carboxylic acids is 1. The van der Waals surface area contributed by atoms with Gasteiger partial charge >= 0.3 is 0 Å². The molecule has 1 aromatic heterocycles. The molecule has 0 aliphatic carbocycles. The summed E-state index contributed by atoms with van der Waals surface area (Å²) in [5.41, 5.74) is -0.528. The lowest BCUT2D eigenvalue weighted by molar-refractivity contribution is -0.138. The average Bonchev–Trinajstić information content (AvgIpc) is 3.05. The van der Waals surface area contributed by atoms with E-state index in [-0.39, 0.29) is 11.9 Å². The van der Waals surface area contributed by atoms with Crippen molar-refractivity contribution in [3.05, 3.63) is 35.0 Å². The molecule has 4 nitrogen and oxygen atoms in total. The largest absolute Gasteiger partial charge is 0.459 e. The van der Waals surface area contributed by atoms with E-state index in [0.29, 0.717) is 23.0 Å². The molecule has 2 unspecified atom stereocenters. The van der Waals surface area contributed by atoms with Crippen molar-refractivity contribution < 1.29 is 14.3 Å². The Morgan fingerprint density at radius 2 is 2.33 bits per heavy atom. The zero-order valence-corrected chi connectivity index (χ0v) is 13.1. The van der Waals surface area contributed by atoms with Crippen molar-refractivity contribution in [3.63, 3.8) is 0 Å². The third-order valence-corrected chi connectivity index (χ3v) is 5.10. The minimum absolute atomic E-state index is 0.307. The molecule has 1 aromatic carbocycles. The number of nitrogens with one attached hydrogen (secondary N) is 1. The van der Waals surface area contributed by atoms with Crippen LogP contribution in [0.4, 0.5) is 0 Å². The van der Waals surface area contributed by atoms with E-state index < -0.39 is 5.60 Å². The number of carbonyl (C=O) groups is 1. The zero-order valence-electron chi connectivity index (χ0n) is 11.6. The van der Waals surface area contributed by atoms with Crippen LogP contribution in [-0.2, 0) is 4.79 Å². The number of halogens is 1.